The summed E-state index contributed by atoms with van der Waals surface area (Å²) in [7, 11) is 0. The maximum atomic E-state index is 11.5. The van der Waals surface area contributed by atoms with Gasteiger partial charge >= 0.3 is 5.97 Å². The van der Waals surface area contributed by atoms with Gasteiger partial charge in [-0.25, -0.2) is 4.79 Å². The van der Waals surface area contributed by atoms with E-state index >= 15 is 0 Å². The van der Waals surface area contributed by atoms with Gasteiger partial charge < -0.3 is 4.74 Å². The van der Waals surface area contributed by atoms with Crippen molar-refractivity contribution < 1.29 is 9.53 Å². The summed E-state index contributed by atoms with van der Waals surface area (Å²) in [6, 6.07) is 16.8. The van der Waals surface area contributed by atoms with Gasteiger partial charge in [0.05, 0.1) is 0 Å². The molecule has 0 aliphatic heterocycles. The lowest BCUT2D eigenvalue weighted by atomic mass is 10.2. The van der Waals surface area contributed by atoms with Crippen LogP contribution >= 0.6 is 11.6 Å². The molecule has 0 atom stereocenters. The molecule has 19 heavy (non-hydrogen) atoms. The van der Waals surface area contributed by atoms with Crippen LogP contribution < -0.4 is 0 Å². The lowest BCUT2D eigenvalue weighted by Crippen LogP contribution is -2.00. The first-order chi connectivity index (χ1) is 9.24. The highest BCUT2D eigenvalue weighted by atomic mass is 35.5. The SMILES string of the molecule is O=C(/C=C/c1cccc(Cl)c1)OCc1ccccc1. The molecule has 2 aromatic rings. The molecule has 0 unspecified atom stereocenters. The maximum Gasteiger partial charge on any atom is 0.331 e. The zero-order chi connectivity index (χ0) is 13.5. The van der Waals surface area contributed by atoms with Gasteiger partial charge in [-0.1, -0.05) is 54.1 Å². The predicted molar refractivity (Wildman–Crippen MR) is 76.7 cm³/mol. The van der Waals surface area contributed by atoms with E-state index in [1.54, 1.807) is 18.2 Å². The minimum absolute atomic E-state index is 0.277. The minimum Gasteiger partial charge on any atom is -0.458 e. The molecule has 0 bridgehead atoms. The first kappa shape index (κ1) is 13.4. The van der Waals surface area contributed by atoms with Crippen LogP contribution in [0, 0.1) is 0 Å². The molecule has 0 saturated heterocycles. The first-order valence-electron chi connectivity index (χ1n) is 5.88. The molecule has 2 rings (SSSR count). The van der Waals surface area contributed by atoms with Crippen molar-refractivity contribution in [3.05, 3.63) is 76.8 Å². The van der Waals surface area contributed by atoms with E-state index in [1.807, 2.05) is 42.5 Å². The van der Waals surface area contributed by atoms with Crippen molar-refractivity contribution in [1.82, 2.24) is 0 Å². The summed E-state index contributed by atoms with van der Waals surface area (Å²) >= 11 is 5.85. The summed E-state index contributed by atoms with van der Waals surface area (Å²) in [5.74, 6) is -0.371. The van der Waals surface area contributed by atoms with Crippen molar-refractivity contribution in [3.8, 4) is 0 Å². The molecule has 0 aromatic heterocycles. The molecule has 0 amide bonds. The molecule has 0 fully saturated rings. The minimum atomic E-state index is -0.371. The van der Waals surface area contributed by atoms with Gasteiger partial charge in [-0.3, -0.25) is 0 Å². The number of carbonyl (C=O) groups is 1. The van der Waals surface area contributed by atoms with E-state index in [-0.39, 0.29) is 12.6 Å². The van der Waals surface area contributed by atoms with Gasteiger partial charge in [-0.2, -0.15) is 0 Å². The van der Waals surface area contributed by atoms with Crippen LogP contribution in [0.15, 0.2) is 60.7 Å². The lowest BCUT2D eigenvalue weighted by molar-refractivity contribution is -0.138. The van der Waals surface area contributed by atoms with Crippen LogP contribution in [0.4, 0.5) is 0 Å². The zero-order valence-electron chi connectivity index (χ0n) is 10.3. The number of esters is 1. The molecule has 2 aromatic carbocycles. The van der Waals surface area contributed by atoms with Gasteiger partial charge in [0.2, 0.25) is 0 Å². The lowest BCUT2D eigenvalue weighted by Gasteiger charge is -2.01. The van der Waals surface area contributed by atoms with Crippen LogP contribution in [0.3, 0.4) is 0 Å². The fourth-order valence-electron chi connectivity index (χ4n) is 1.55. The summed E-state index contributed by atoms with van der Waals surface area (Å²) in [4.78, 5) is 11.5. The summed E-state index contributed by atoms with van der Waals surface area (Å²) in [5, 5.41) is 0.639. The third-order valence-corrected chi connectivity index (χ3v) is 2.72. The Balaban J connectivity index is 1.88. The monoisotopic (exact) mass is 272 g/mol. The van der Waals surface area contributed by atoms with Gasteiger partial charge in [0, 0.05) is 11.1 Å². The quantitative estimate of drug-likeness (QED) is 0.619. The molecular weight excluding hydrogens is 260 g/mol. The molecule has 2 nitrogen and oxygen atoms in total. The first-order valence-corrected chi connectivity index (χ1v) is 6.26. The Hall–Kier alpha value is -2.06. The topological polar surface area (TPSA) is 26.3 Å². The third-order valence-electron chi connectivity index (χ3n) is 2.48. The molecular formula is C16H13ClO2. The fourth-order valence-corrected chi connectivity index (χ4v) is 1.75. The second-order valence-electron chi connectivity index (χ2n) is 3.98. The van der Waals surface area contributed by atoms with Crippen molar-refractivity contribution >= 4 is 23.6 Å². The van der Waals surface area contributed by atoms with Crippen LogP contribution in [0.2, 0.25) is 5.02 Å². The molecule has 3 heteroatoms. The molecule has 0 heterocycles. The highest BCUT2D eigenvalue weighted by molar-refractivity contribution is 6.30. The molecule has 0 radical (unpaired) electrons. The Bertz CT molecular complexity index is 576. The number of benzene rings is 2. The Labute approximate surface area is 117 Å². The zero-order valence-corrected chi connectivity index (χ0v) is 11.0. The third kappa shape index (κ3) is 4.60. The number of ether oxygens (including phenoxy) is 1. The number of halogens is 1. The van der Waals surface area contributed by atoms with Crippen LogP contribution in [-0.2, 0) is 16.1 Å². The van der Waals surface area contributed by atoms with Crippen LogP contribution in [0.5, 0.6) is 0 Å². The Morgan fingerprint density at radius 2 is 1.89 bits per heavy atom. The van der Waals surface area contributed by atoms with E-state index in [0.717, 1.165) is 11.1 Å². The molecule has 96 valence electrons. The van der Waals surface area contributed by atoms with E-state index in [4.69, 9.17) is 16.3 Å². The molecule has 0 spiro atoms. The summed E-state index contributed by atoms with van der Waals surface area (Å²) in [6.45, 7) is 0.277. The van der Waals surface area contributed by atoms with Gasteiger partial charge in [-0.05, 0) is 29.3 Å². The van der Waals surface area contributed by atoms with Crippen LogP contribution in [0.1, 0.15) is 11.1 Å². The summed E-state index contributed by atoms with van der Waals surface area (Å²) in [6.07, 6.45) is 3.08. The number of hydrogen-bond donors (Lipinski definition) is 0. The number of rotatable bonds is 4. The molecule has 0 N–H and O–H groups in total. The Morgan fingerprint density at radius 3 is 2.63 bits per heavy atom. The number of carbonyl (C=O) groups excluding carboxylic acids is 1. The van der Waals surface area contributed by atoms with Crippen LogP contribution in [-0.4, -0.2) is 5.97 Å². The predicted octanol–water partition coefficient (Wildman–Crippen LogP) is 4.10. The summed E-state index contributed by atoms with van der Waals surface area (Å²) < 4.78 is 5.12. The van der Waals surface area contributed by atoms with Gasteiger partial charge in [0.15, 0.2) is 0 Å². The van der Waals surface area contributed by atoms with Crippen molar-refractivity contribution in [2.45, 2.75) is 6.61 Å². The smallest absolute Gasteiger partial charge is 0.331 e. The molecule has 0 aliphatic carbocycles. The molecule has 0 saturated carbocycles. The van der Waals surface area contributed by atoms with Crippen molar-refractivity contribution in [2.75, 3.05) is 0 Å². The normalized spacial score (nSPS) is 10.6. The highest BCUT2D eigenvalue weighted by Crippen LogP contribution is 2.12. The Kier molecular flexibility index (Phi) is 4.76. The van der Waals surface area contributed by atoms with Crippen molar-refractivity contribution in [3.63, 3.8) is 0 Å². The van der Waals surface area contributed by atoms with Gasteiger partial charge in [0.1, 0.15) is 6.61 Å². The van der Waals surface area contributed by atoms with E-state index < -0.39 is 0 Å². The highest BCUT2D eigenvalue weighted by Gasteiger charge is 1.98. The second-order valence-corrected chi connectivity index (χ2v) is 4.42. The second kappa shape index (κ2) is 6.76. The van der Waals surface area contributed by atoms with E-state index in [2.05, 4.69) is 0 Å². The van der Waals surface area contributed by atoms with E-state index in [9.17, 15) is 4.79 Å². The van der Waals surface area contributed by atoms with Crippen molar-refractivity contribution in [2.24, 2.45) is 0 Å². The summed E-state index contributed by atoms with van der Waals surface area (Å²) in [5.41, 5.74) is 1.83. The van der Waals surface area contributed by atoms with Gasteiger partial charge in [0.25, 0.3) is 0 Å². The van der Waals surface area contributed by atoms with E-state index in [1.165, 1.54) is 6.08 Å². The average Bonchev–Trinajstić information content (AvgIpc) is 2.44. The fraction of sp³-hybridized carbons (Fsp3) is 0.0625. The Morgan fingerprint density at radius 1 is 1.11 bits per heavy atom. The molecule has 0 aliphatic rings. The average molecular weight is 273 g/mol. The van der Waals surface area contributed by atoms with Crippen LogP contribution in [0.25, 0.3) is 6.08 Å². The van der Waals surface area contributed by atoms with Gasteiger partial charge in [-0.15, -0.1) is 0 Å². The largest absolute Gasteiger partial charge is 0.458 e. The standard InChI is InChI=1S/C16H13ClO2/c17-15-8-4-7-13(11-15)9-10-16(18)19-12-14-5-2-1-3-6-14/h1-11H,12H2/b10-9+. The number of hydrogen-bond acceptors (Lipinski definition) is 2. The maximum absolute atomic E-state index is 11.5. The van der Waals surface area contributed by atoms with E-state index in [0.29, 0.717) is 5.02 Å². The van der Waals surface area contributed by atoms with Crippen molar-refractivity contribution in [1.29, 1.82) is 0 Å².